The van der Waals surface area contributed by atoms with Crippen LogP contribution in [0.25, 0.3) is 11.4 Å². The Morgan fingerprint density at radius 1 is 1.50 bits per heavy atom. The minimum atomic E-state index is 0. The zero-order chi connectivity index (χ0) is 10.8. The lowest BCUT2D eigenvalue weighted by molar-refractivity contribution is 1.25. The summed E-state index contributed by atoms with van der Waals surface area (Å²) in [5, 5.41) is 2.40. The van der Waals surface area contributed by atoms with Gasteiger partial charge in [0.25, 0.3) is 0 Å². The van der Waals surface area contributed by atoms with Gasteiger partial charge in [0.05, 0.1) is 6.33 Å². The maximum atomic E-state index is 5.25. The molecule has 2 aromatic rings. The van der Waals surface area contributed by atoms with Crippen LogP contribution in [-0.2, 0) is 0 Å². The van der Waals surface area contributed by atoms with Gasteiger partial charge in [-0.15, -0.1) is 28.3 Å². The number of aliphatic imine (C=N–C) groups is 1. The van der Waals surface area contributed by atoms with Crippen molar-refractivity contribution >= 4 is 39.4 Å². The molecule has 0 saturated carbocycles. The maximum absolute atomic E-state index is 5.25. The number of imidazole rings is 1. The number of halogens is 1. The highest BCUT2D eigenvalue weighted by Crippen LogP contribution is 2.26. The normalized spacial score (nSPS) is 9.56. The van der Waals surface area contributed by atoms with Gasteiger partial charge in [0, 0.05) is 11.1 Å². The Labute approximate surface area is 107 Å². The van der Waals surface area contributed by atoms with E-state index in [-0.39, 0.29) is 22.9 Å². The molecule has 0 fully saturated rings. The zero-order valence-corrected chi connectivity index (χ0v) is 11.0. The van der Waals surface area contributed by atoms with Gasteiger partial charge in [0.15, 0.2) is 5.96 Å². The minimum absolute atomic E-state index is 0. The first-order chi connectivity index (χ1) is 7.16. The van der Waals surface area contributed by atoms with E-state index in [0.717, 1.165) is 17.1 Å². The summed E-state index contributed by atoms with van der Waals surface area (Å²) in [6.07, 6.45) is 1.63. The summed E-state index contributed by atoms with van der Waals surface area (Å²) >= 11 is 1.37. The van der Waals surface area contributed by atoms with Gasteiger partial charge in [0.1, 0.15) is 11.4 Å². The van der Waals surface area contributed by atoms with Crippen LogP contribution in [0.15, 0.2) is 16.7 Å². The Morgan fingerprint density at radius 2 is 2.25 bits per heavy atom. The predicted molar refractivity (Wildman–Crippen MR) is 70.2 cm³/mol. The molecule has 2 aromatic heterocycles. The molecule has 5 N–H and O–H groups in total. The van der Waals surface area contributed by atoms with Crippen LogP contribution in [0.5, 0.6) is 0 Å². The molecule has 0 aliphatic carbocycles. The summed E-state index contributed by atoms with van der Waals surface area (Å²) < 4.78 is 0. The molecule has 0 saturated heterocycles. The van der Waals surface area contributed by atoms with Gasteiger partial charge in [-0.05, 0) is 6.92 Å². The first-order valence-electron chi connectivity index (χ1n) is 4.22. The molecule has 2 heterocycles. The second kappa shape index (κ2) is 5.08. The summed E-state index contributed by atoms with van der Waals surface area (Å²) in [5.41, 5.74) is 13.1. The van der Waals surface area contributed by atoms with Crippen LogP contribution in [-0.4, -0.2) is 20.9 Å². The van der Waals surface area contributed by atoms with Crippen LogP contribution in [0.4, 0.5) is 5.13 Å². The number of aromatic amines is 1. The monoisotopic (exact) mass is 302 g/mol. The van der Waals surface area contributed by atoms with Crippen molar-refractivity contribution in [1.29, 1.82) is 0 Å². The molecule has 0 spiro atoms. The molecular formula is C8H11BrN6S. The summed E-state index contributed by atoms with van der Waals surface area (Å²) in [5.74, 6) is 0.00893. The fraction of sp³-hybridized carbons (Fsp3) is 0.125. The fourth-order valence-corrected chi connectivity index (χ4v) is 1.84. The van der Waals surface area contributed by atoms with E-state index < -0.39 is 0 Å². The fourth-order valence-electron chi connectivity index (χ4n) is 1.15. The standard InChI is InChI=1S/C8H10N6S.BrH/c1-4-6(12-3-11-4)5-2-15-8(13-5)14-7(9)10;/h2-3H,1H3,(H,11,12)(H4,9,10,13,14);1H. The maximum Gasteiger partial charge on any atom is 0.212 e. The lowest BCUT2D eigenvalue weighted by Crippen LogP contribution is -2.21. The van der Waals surface area contributed by atoms with Gasteiger partial charge in [-0.25, -0.2) is 9.97 Å². The van der Waals surface area contributed by atoms with Gasteiger partial charge in [-0.1, -0.05) is 0 Å². The largest absolute Gasteiger partial charge is 0.370 e. The van der Waals surface area contributed by atoms with Gasteiger partial charge in [-0.3, -0.25) is 0 Å². The molecule has 2 rings (SSSR count). The van der Waals surface area contributed by atoms with Crippen LogP contribution < -0.4 is 11.5 Å². The third-order valence-corrected chi connectivity index (χ3v) is 2.52. The Kier molecular flexibility index (Phi) is 4.02. The van der Waals surface area contributed by atoms with Crippen molar-refractivity contribution in [3.05, 3.63) is 17.4 Å². The average molecular weight is 303 g/mol. The topological polar surface area (TPSA) is 106 Å². The van der Waals surface area contributed by atoms with Crippen LogP contribution in [0.3, 0.4) is 0 Å². The Hall–Kier alpha value is -1.41. The Bertz CT molecular complexity index is 498. The molecule has 6 nitrogen and oxygen atoms in total. The molecule has 0 radical (unpaired) electrons. The Morgan fingerprint density at radius 3 is 2.81 bits per heavy atom. The third-order valence-electron chi connectivity index (χ3n) is 1.79. The molecule has 0 bridgehead atoms. The molecule has 0 unspecified atom stereocenters. The first-order valence-corrected chi connectivity index (χ1v) is 5.10. The Balaban J connectivity index is 0.00000128. The summed E-state index contributed by atoms with van der Waals surface area (Å²) in [4.78, 5) is 15.2. The highest BCUT2D eigenvalue weighted by molar-refractivity contribution is 8.93. The van der Waals surface area contributed by atoms with Crippen molar-refractivity contribution in [2.75, 3.05) is 0 Å². The summed E-state index contributed by atoms with van der Waals surface area (Å²) in [7, 11) is 0. The molecule has 8 heteroatoms. The minimum Gasteiger partial charge on any atom is -0.370 e. The number of thiazole rings is 1. The van der Waals surface area contributed by atoms with Crippen molar-refractivity contribution in [3.8, 4) is 11.4 Å². The highest BCUT2D eigenvalue weighted by atomic mass is 79.9. The van der Waals surface area contributed by atoms with E-state index in [2.05, 4.69) is 19.9 Å². The van der Waals surface area contributed by atoms with E-state index in [4.69, 9.17) is 11.5 Å². The highest BCUT2D eigenvalue weighted by Gasteiger charge is 2.08. The predicted octanol–water partition coefficient (Wildman–Crippen LogP) is 1.32. The van der Waals surface area contributed by atoms with E-state index >= 15 is 0 Å². The quantitative estimate of drug-likeness (QED) is 0.574. The number of hydrogen-bond acceptors (Lipinski definition) is 4. The third kappa shape index (κ3) is 2.58. The lowest BCUT2D eigenvalue weighted by atomic mass is 10.3. The molecule has 0 amide bonds. The van der Waals surface area contributed by atoms with Gasteiger partial charge in [0.2, 0.25) is 5.13 Å². The number of nitrogens with two attached hydrogens (primary N) is 2. The number of hydrogen-bond donors (Lipinski definition) is 3. The van der Waals surface area contributed by atoms with E-state index in [1.165, 1.54) is 11.3 Å². The smallest absolute Gasteiger partial charge is 0.212 e. The number of nitrogens with zero attached hydrogens (tertiary/aromatic N) is 3. The van der Waals surface area contributed by atoms with Crippen molar-refractivity contribution in [3.63, 3.8) is 0 Å². The number of H-pyrrole nitrogens is 1. The first kappa shape index (κ1) is 12.7. The van der Waals surface area contributed by atoms with E-state index in [1.807, 2.05) is 12.3 Å². The van der Waals surface area contributed by atoms with Crippen molar-refractivity contribution in [2.24, 2.45) is 16.5 Å². The molecule has 86 valence electrons. The van der Waals surface area contributed by atoms with E-state index in [1.54, 1.807) is 6.33 Å². The number of rotatable bonds is 2. The van der Waals surface area contributed by atoms with E-state index in [9.17, 15) is 0 Å². The van der Waals surface area contributed by atoms with Crippen LogP contribution in [0.2, 0.25) is 0 Å². The van der Waals surface area contributed by atoms with Crippen molar-refractivity contribution in [1.82, 2.24) is 15.0 Å². The molecule has 0 atom stereocenters. The second-order valence-electron chi connectivity index (χ2n) is 2.93. The van der Waals surface area contributed by atoms with Crippen molar-refractivity contribution < 1.29 is 0 Å². The number of aryl methyl sites for hydroxylation is 1. The molecular weight excluding hydrogens is 292 g/mol. The number of guanidine groups is 1. The lowest BCUT2D eigenvalue weighted by Gasteiger charge is -1.90. The SMILES string of the molecule is Br.Cc1[nH]cnc1-c1csc(N=C(N)N)n1. The van der Waals surface area contributed by atoms with Gasteiger partial charge >= 0.3 is 0 Å². The van der Waals surface area contributed by atoms with Crippen molar-refractivity contribution in [2.45, 2.75) is 6.92 Å². The molecule has 0 aliphatic heterocycles. The summed E-state index contributed by atoms with van der Waals surface area (Å²) in [6, 6.07) is 0. The van der Waals surface area contributed by atoms with E-state index in [0.29, 0.717) is 5.13 Å². The van der Waals surface area contributed by atoms with Crippen LogP contribution >= 0.6 is 28.3 Å². The zero-order valence-electron chi connectivity index (χ0n) is 8.47. The molecule has 16 heavy (non-hydrogen) atoms. The van der Waals surface area contributed by atoms with Gasteiger partial charge < -0.3 is 16.5 Å². The van der Waals surface area contributed by atoms with Crippen LogP contribution in [0, 0.1) is 6.92 Å². The molecule has 0 aliphatic rings. The molecule has 0 aromatic carbocycles. The average Bonchev–Trinajstić information content (AvgIpc) is 2.72. The summed E-state index contributed by atoms with van der Waals surface area (Å²) in [6.45, 7) is 1.93. The second-order valence-corrected chi connectivity index (χ2v) is 3.76. The number of aromatic nitrogens is 3. The van der Waals surface area contributed by atoms with Crippen LogP contribution in [0.1, 0.15) is 5.69 Å². The number of nitrogens with one attached hydrogen (secondary N) is 1. The van der Waals surface area contributed by atoms with Gasteiger partial charge in [-0.2, -0.15) is 4.99 Å².